The van der Waals surface area contributed by atoms with Crippen LogP contribution in [0.1, 0.15) is 19.3 Å². The first-order chi connectivity index (χ1) is 7.53. The van der Waals surface area contributed by atoms with Gasteiger partial charge in [0.25, 0.3) is 0 Å². The smallest absolute Gasteiger partial charge is 0.321 e. The number of hydrogen-bond donors (Lipinski definition) is 0. The van der Waals surface area contributed by atoms with E-state index in [2.05, 4.69) is 9.47 Å². The van der Waals surface area contributed by atoms with Gasteiger partial charge >= 0.3 is 23.9 Å². The summed E-state index contributed by atoms with van der Waals surface area (Å²) >= 11 is 0. The van der Waals surface area contributed by atoms with Crippen LogP contribution in [-0.4, -0.2) is 23.9 Å². The molecule has 84 valence electrons. The molecule has 1 aliphatic carbocycles. The van der Waals surface area contributed by atoms with Crippen LogP contribution < -0.4 is 0 Å². The van der Waals surface area contributed by atoms with E-state index >= 15 is 0 Å². The lowest BCUT2D eigenvalue weighted by Crippen LogP contribution is -2.37. The SMILES string of the molecule is O=C1C[C@]2(C[C@@H]3C[C@H]2C(=O)OC3=O)C(=O)O1. The number of carbonyl (C=O) groups excluding carboxylic acids is 4. The molecule has 16 heavy (non-hydrogen) atoms. The normalized spacial score (nSPS) is 41.5. The molecule has 0 amide bonds. The molecular weight excluding hydrogens is 216 g/mol. The summed E-state index contributed by atoms with van der Waals surface area (Å²) in [5.41, 5.74) is -1.13. The van der Waals surface area contributed by atoms with E-state index in [1.807, 2.05) is 0 Å². The van der Waals surface area contributed by atoms with Gasteiger partial charge in [0.05, 0.1) is 23.7 Å². The summed E-state index contributed by atoms with van der Waals surface area (Å²) in [6.07, 6.45) is 0.363. The molecule has 2 aliphatic heterocycles. The Hall–Kier alpha value is -1.72. The number of carbonyl (C=O) groups is 4. The molecule has 2 bridgehead atoms. The molecule has 0 N–H and O–H groups in total. The van der Waals surface area contributed by atoms with Gasteiger partial charge in [-0.2, -0.15) is 0 Å². The third-order valence-corrected chi connectivity index (χ3v) is 3.69. The summed E-state index contributed by atoms with van der Waals surface area (Å²) in [6, 6.07) is 0. The van der Waals surface area contributed by atoms with E-state index in [1.54, 1.807) is 0 Å². The maximum atomic E-state index is 11.6. The van der Waals surface area contributed by atoms with Crippen molar-refractivity contribution in [2.75, 3.05) is 0 Å². The predicted molar refractivity (Wildman–Crippen MR) is 45.5 cm³/mol. The van der Waals surface area contributed by atoms with Crippen LogP contribution in [0.25, 0.3) is 0 Å². The zero-order valence-electron chi connectivity index (χ0n) is 8.23. The van der Waals surface area contributed by atoms with E-state index in [0.29, 0.717) is 6.42 Å². The van der Waals surface area contributed by atoms with Crippen LogP contribution in [0.4, 0.5) is 0 Å². The molecule has 0 radical (unpaired) electrons. The van der Waals surface area contributed by atoms with E-state index < -0.39 is 41.1 Å². The van der Waals surface area contributed by atoms with Crippen molar-refractivity contribution >= 4 is 23.9 Å². The van der Waals surface area contributed by atoms with Gasteiger partial charge < -0.3 is 9.47 Å². The Morgan fingerprint density at radius 1 is 1.06 bits per heavy atom. The first-order valence-corrected chi connectivity index (χ1v) is 5.03. The van der Waals surface area contributed by atoms with Crippen LogP contribution in [0, 0.1) is 17.3 Å². The Balaban J connectivity index is 2.05. The first kappa shape index (κ1) is 9.50. The molecule has 0 aromatic heterocycles. The molecule has 0 unspecified atom stereocenters. The average Bonchev–Trinajstić information content (AvgIpc) is 2.66. The van der Waals surface area contributed by atoms with Crippen LogP contribution in [0.5, 0.6) is 0 Å². The van der Waals surface area contributed by atoms with Gasteiger partial charge in [-0.3, -0.25) is 19.2 Å². The molecule has 2 saturated heterocycles. The highest BCUT2D eigenvalue weighted by Crippen LogP contribution is 2.55. The summed E-state index contributed by atoms with van der Waals surface area (Å²) in [7, 11) is 0. The Morgan fingerprint density at radius 2 is 1.81 bits per heavy atom. The van der Waals surface area contributed by atoms with Crippen molar-refractivity contribution in [3.8, 4) is 0 Å². The third kappa shape index (κ3) is 0.963. The quantitative estimate of drug-likeness (QED) is 0.409. The van der Waals surface area contributed by atoms with Crippen molar-refractivity contribution in [2.45, 2.75) is 19.3 Å². The second-order valence-corrected chi connectivity index (χ2v) is 4.52. The number of rotatable bonds is 0. The van der Waals surface area contributed by atoms with E-state index in [4.69, 9.17) is 0 Å². The Kier molecular flexibility index (Phi) is 1.60. The summed E-state index contributed by atoms with van der Waals surface area (Å²) < 4.78 is 9.04. The van der Waals surface area contributed by atoms with Crippen molar-refractivity contribution in [3.05, 3.63) is 0 Å². The highest BCUT2D eigenvalue weighted by atomic mass is 16.6. The summed E-state index contributed by atoms with van der Waals surface area (Å²) in [5.74, 6) is -3.76. The minimum absolute atomic E-state index is 0.116. The van der Waals surface area contributed by atoms with Crippen molar-refractivity contribution in [1.29, 1.82) is 0 Å². The lowest BCUT2D eigenvalue weighted by molar-refractivity contribution is -0.172. The van der Waals surface area contributed by atoms with E-state index in [9.17, 15) is 19.2 Å². The third-order valence-electron chi connectivity index (χ3n) is 3.69. The largest absolute Gasteiger partial charge is 0.393 e. The van der Waals surface area contributed by atoms with Crippen molar-refractivity contribution in [1.82, 2.24) is 0 Å². The number of ether oxygens (including phenoxy) is 2. The lowest BCUT2D eigenvalue weighted by Gasteiger charge is -2.23. The highest BCUT2D eigenvalue weighted by Gasteiger charge is 2.65. The van der Waals surface area contributed by atoms with Gasteiger partial charge in [-0.25, -0.2) is 0 Å². The lowest BCUT2D eigenvalue weighted by atomic mass is 9.76. The molecule has 0 aromatic rings. The van der Waals surface area contributed by atoms with Gasteiger partial charge in [-0.1, -0.05) is 0 Å². The van der Waals surface area contributed by atoms with Gasteiger partial charge in [-0.15, -0.1) is 0 Å². The number of hydrogen-bond acceptors (Lipinski definition) is 6. The molecule has 3 fully saturated rings. The van der Waals surface area contributed by atoms with E-state index in [1.165, 1.54) is 0 Å². The molecule has 1 spiro atoms. The number of fused-ring (bicyclic) bond motifs is 3. The molecule has 3 aliphatic rings. The molecule has 6 heteroatoms. The first-order valence-electron chi connectivity index (χ1n) is 5.03. The molecule has 0 aromatic carbocycles. The molecule has 6 nitrogen and oxygen atoms in total. The maximum absolute atomic E-state index is 11.6. The van der Waals surface area contributed by atoms with Gasteiger partial charge in [0, 0.05) is 0 Å². The minimum atomic E-state index is -1.13. The monoisotopic (exact) mass is 224 g/mol. The zero-order valence-corrected chi connectivity index (χ0v) is 8.23. The Morgan fingerprint density at radius 3 is 2.44 bits per heavy atom. The highest BCUT2D eigenvalue weighted by molar-refractivity contribution is 6.04. The summed E-state index contributed by atoms with van der Waals surface area (Å²) in [6.45, 7) is 0. The predicted octanol–water partition coefficient (Wildman–Crippen LogP) is -0.444. The standard InChI is InChI=1S/C10H8O6/c11-6-3-10(9(14)15-6)2-4-1-5(10)8(13)16-7(4)12/h4-5H,1-3H2/t4-,5-,10-/m0/s1. The van der Waals surface area contributed by atoms with Crippen LogP contribution in [0.15, 0.2) is 0 Å². The fourth-order valence-corrected chi connectivity index (χ4v) is 2.92. The van der Waals surface area contributed by atoms with Crippen molar-refractivity contribution in [2.24, 2.45) is 17.3 Å². The van der Waals surface area contributed by atoms with Crippen LogP contribution in [0.3, 0.4) is 0 Å². The topological polar surface area (TPSA) is 86.7 Å². The molecule has 2 heterocycles. The fourth-order valence-electron chi connectivity index (χ4n) is 2.92. The summed E-state index contributed by atoms with van der Waals surface area (Å²) in [4.78, 5) is 45.6. The van der Waals surface area contributed by atoms with Crippen molar-refractivity contribution in [3.63, 3.8) is 0 Å². The van der Waals surface area contributed by atoms with Crippen LogP contribution >= 0.6 is 0 Å². The molecule has 3 rings (SSSR count). The fraction of sp³-hybridized carbons (Fsp3) is 0.600. The number of esters is 4. The number of cyclic esters (lactones) is 4. The molecular formula is C10H8O6. The molecule has 1 saturated carbocycles. The van der Waals surface area contributed by atoms with Crippen LogP contribution in [0.2, 0.25) is 0 Å². The average molecular weight is 224 g/mol. The second kappa shape index (κ2) is 2.69. The van der Waals surface area contributed by atoms with Gasteiger partial charge in [-0.05, 0) is 12.8 Å². The zero-order chi connectivity index (χ0) is 11.5. The van der Waals surface area contributed by atoms with Gasteiger partial charge in [0.2, 0.25) is 0 Å². The van der Waals surface area contributed by atoms with E-state index in [0.717, 1.165) is 0 Å². The summed E-state index contributed by atoms with van der Waals surface area (Å²) in [5, 5.41) is 0. The van der Waals surface area contributed by atoms with Crippen molar-refractivity contribution < 1.29 is 28.7 Å². The minimum Gasteiger partial charge on any atom is -0.393 e. The van der Waals surface area contributed by atoms with E-state index in [-0.39, 0.29) is 12.8 Å². The maximum Gasteiger partial charge on any atom is 0.321 e. The van der Waals surface area contributed by atoms with Gasteiger partial charge in [0.1, 0.15) is 0 Å². The second-order valence-electron chi connectivity index (χ2n) is 4.52. The Bertz CT molecular complexity index is 439. The Labute approximate surface area is 89.9 Å². The van der Waals surface area contributed by atoms with Crippen LogP contribution in [-0.2, 0) is 28.7 Å². The van der Waals surface area contributed by atoms with Gasteiger partial charge in [0.15, 0.2) is 0 Å². The molecule has 3 atom stereocenters.